The molecule has 0 bridgehead atoms. The van der Waals surface area contributed by atoms with Crippen LogP contribution in [0.3, 0.4) is 0 Å². The molecule has 0 amide bonds. The maximum atomic E-state index is 9.72. The maximum Gasteiger partial charge on any atom is 0.0772 e. The summed E-state index contributed by atoms with van der Waals surface area (Å²) in [5.74, 6) is 0. The van der Waals surface area contributed by atoms with E-state index in [2.05, 4.69) is 19.2 Å². The normalized spacial score (nSPS) is 28.9. The van der Waals surface area contributed by atoms with E-state index < -0.39 is 0 Å². The zero-order valence-corrected chi connectivity index (χ0v) is 8.44. The van der Waals surface area contributed by atoms with Crippen LogP contribution >= 0.6 is 0 Å². The van der Waals surface area contributed by atoms with Crippen molar-refractivity contribution in [3.05, 3.63) is 11.3 Å². The first kappa shape index (κ1) is 9.59. The number of allylic oxidation sites excluding steroid dienone is 1. The number of aliphatic hydroxyl groups is 1. The number of aliphatic hydroxyl groups excluding tert-OH is 1. The van der Waals surface area contributed by atoms with Crippen molar-refractivity contribution in [2.75, 3.05) is 7.05 Å². The molecule has 0 aromatic carbocycles. The van der Waals surface area contributed by atoms with Gasteiger partial charge >= 0.3 is 0 Å². The summed E-state index contributed by atoms with van der Waals surface area (Å²) in [6.07, 6.45) is 1.67. The third kappa shape index (κ3) is 1.81. The second kappa shape index (κ2) is 3.09. The molecule has 0 heterocycles. The van der Waals surface area contributed by atoms with Crippen LogP contribution in [0, 0.1) is 5.41 Å². The molecule has 1 aliphatic rings. The van der Waals surface area contributed by atoms with Gasteiger partial charge in [-0.25, -0.2) is 0 Å². The lowest BCUT2D eigenvalue weighted by atomic mass is 9.75. The van der Waals surface area contributed by atoms with Gasteiger partial charge in [-0.2, -0.15) is 0 Å². The van der Waals surface area contributed by atoms with Gasteiger partial charge in [0.2, 0.25) is 0 Å². The molecule has 2 N–H and O–H groups in total. The minimum Gasteiger partial charge on any atom is -0.391 e. The molecule has 70 valence electrons. The van der Waals surface area contributed by atoms with Gasteiger partial charge in [-0.05, 0) is 30.8 Å². The molecule has 0 aromatic rings. The molecule has 0 radical (unpaired) electrons. The molecular weight excluding hydrogens is 150 g/mol. The van der Waals surface area contributed by atoms with Crippen LogP contribution in [-0.2, 0) is 0 Å². The van der Waals surface area contributed by atoms with Gasteiger partial charge in [0.1, 0.15) is 0 Å². The molecular formula is C10H19NO. The maximum absolute atomic E-state index is 9.72. The van der Waals surface area contributed by atoms with Crippen LogP contribution in [0.2, 0.25) is 0 Å². The fourth-order valence-electron chi connectivity index (χ4n) is 1.85. The van der Waals surface area contributed by atoms with Crippen molar-refractivity contribution in [1.82, 2.24) is 5.32 Å². The molecule has 1 atom stereocenters. The average Bonchev–Trinajstić information content (AvgIpc) is 1.96. The molecule has 1 rings (SSSR count). The first-order valence-electron chi connectivity index (χ1n) is 4.52. The summed E-state index contributed by atoms with van der Waals surface area (Å²) in [5, 5.41) is 12.9. The van der Waals surface area contributed by atoms with Gasteiger partial charge in [0.15, 0.2) is 0 Å². The third-order valence-corrected chi connectivity index (χ3v) is 2.68. The van der Waals surface area contributed by atoms with E-state index in [1.54, 1.807) is 0 Å². The Bertz CT molecular complexity index is 206. The van der Waals surface area contributed by atoms with Crippen molar-refractivity contribution in [3.8, 4) is 0 Å². The van der Waals surface area contributed by atoms with E-state index in [-0.39, 0.29) is 11.5 Å². The molecule has 0 fully saturated rings. The summed E-state index contributed by atoms with van der Waals surface area (Å²) in [5.41, 5.74) is 2.55. The summed E-state index contributed by atoms with van der Waals surface area (Å²) >= 11 is 0. The lowest BCUT2D eigenvalue weighted by Gasteiger charge is -2.35. The fraction of sp³-hybridized carbons (Fsp3) is 0.800. The lowest BCUT2D eigenvalue weighted by Crippen LogP contribution is -2.31. The zero-order chi connectivity index (χ0) is 9.35. The van der Waals surface area contributed by atoms with Crippen LogP contribution in [0.1, 0.15) is 33.6 Å². The number of hydrogen-bond acceptors (Lipinski definition) is 2. The van der Waals surface area contributed by atoms with E-state index in [9.17, 15) is 5.11 Å². The second-order valence-corrected chi connectivity index (χ2v) is 4.47. The first-order valence-corrected chi connectivity index (χ1v) is 4.52. The van der Waals surface area contributed by atoms with Gasteiger partial charge in [0.25, 0.3) is 0 Å². The summed E-state index contributed by atoms with van der Waals surface area (Å²) in [4.78, 5) is 0. The third-order valence-electron chi connectivity index (χ3n) is 2.68. The van der Waals surface area contributed by atoms with E-state index in [4.69, 9.17) is 0 Å². The molecule has 0 aliphatic heterocycles. The number of nitrogens with one attached hydrogen (secondary N) is 1. The Kier molecular flexibility index (Phi) is 2.47. The highest BCUT2D eigenvalue weighted by atomic mass is 16.3. The highest BCUT2D eigenvalue weighted by Crippen LogP contribution is 2.37. The van der Waals surface area contributed by atoms with E-state index >= 15 is 0 Å². The second-order valence-electron chi connectivity index (χ2n) is 4.47. The van der Waals surface area contributed by atoms with E-state index in [0.717, 1.165) is 18.4 Å². The Hall–Kier alpha value is -0.500. The average molecular weight is 169 g/mol. The Labute approximate surface area is 74.7 Å². The van der Waals surface area contributed by atoms with E-state index in [0.29, 0.717) is 0 Å². The van der Waals surface area contributed by atoms with Gasteiger partial charge < -0.3 is 10.4 Å². The van der Waals surface area contributed by atoms with Crippen molar-refractivity contribution in [3.63, 3.8) is 0 Å². The molecule has 0 spiro atoms. The van der Waals surface area contributed by atoms with Crippen LogP contribution < -0.4 is 5.32 Å². The van der Waals surface area contributed by atoms with Crippen molar-refractivity contribution in [2.24, 2.45) is 5.41 Å². The topological polar surface area (TPSA) is 32.3 Å². The Morgan fingerprint density at radius 2 is 2.08 bits per heavy atom. The quantitative estimate of drug-likeness (QED) is 0.625. The van der Waals surface area contributed by atoms with Gasteiger partial charge in [-0.3, -0.25) is 0 Å². The van der Waals surface area contributed by atoms with Gasteiger partial charge in [0.05, 0.1) is 6.10 Å². The molecule has 2 nitrogen and oxygen atoms in total. The van der Waals surface area contributed by atoms with Crippen LogP contribution in [0.5, 0.6) is 0 Å². The summed E-state index contributed by atoms with van der Waals surface area (Å²) in [6, 6.07) is 0. The van der Waals surface area contributed by atoms with E-state index in [1.807, 2.05) is 14.0 Å². The highest BCUT2D eigenvalue weighted by molar-refractivity contribution is 5.20. The van der Waals surface area contributed by atoms with Crippen molar-refractivity contribution in [2.45, 2.75) is 39.7 Å². The molecule has 2 heteroatoms. The largest absolute Gasteiger partial charge is 0.391 e. The number of hydrogen-bond donors (Lipinski definition) is 2. The lowest BCUT2D eigenvalue weighted by molar-refractivity contribution is 0.125. The Balaban J connectivity index is 2.88. The summed E-state index contributed by atoms with van der Waals surface area (Å²) in [7, 11) is 1.92. The van der Waals surface area contributed by atoms with E-state index in [1.165, 1.54) is 5.70 Å². The molecule has 0 aromatic heterocycles. The van der Waals surface area contributed by atoms with Crippen LogP contribution in [0.25, 0.3) is 0 Å². The number of rotatable bonds is 1. The predicted octanol–water partition coefficient (Wildman–Crippen LogP) is 1.66. The monoisotopic (exact) mass is 169 g/mol. The molecule has 1 unspecified atom stereocenters. The minimum atomic E-state index is -0.254. The van der Waals surface area contributed by atoms with Crippen molar-refractivity contribution >= 4 is 0 Å². The van der Waals surface area contributed by atoms with Crippen molar-refractivity contribution in [1.29, 1.82) is 0 Å². The van der Waals surface area contributed by atoms with Crippen LogP contribution in [0.4, 0.5) is 0 Å². The highest BCUT2D eigenvalue weighted by Gasteiger charge is 2.30. The molecule has 1 aliphatic carbocycles. The zero-order valence-electron chi connectivity index (χ0n) is 8.44. The van der Waals surface area contributed by atoms with Crippen LogP contribution in [-0.4, -0.2) is 18.3 Å². The predicted molar refractivity (Wildman–Crippen MR) is 50.8 cm³/mol. The first-order chi connectivity index (χ1) is 5.46. The molecule has 12 heavy (non-hydrogen) atoms. The molecule has 0 saturated heterocycles. The van der Waals surface area contributed by atoms with Crippen LogP contribution in [0.15, 0.2) is 11.3 Å². The van der Waals surface area contributed by atoms with Crippen molar-refractivity contribution < 1.29 is 5.11 Å². The molecule has 0 saturated carbocycles. The summed E-state index contributed by atoms with van der Waals surface area (Å²) in [6.45, 7) is 6.39. The SMILES string of the molecule is CNC1=C(C)C(O)CC(C)(C)C1. The van der Waals surface area contributed by atoms with Gasteiger partial charge in [-0.15, -0.1) is 0 Å². The fourth-order valence-corrected chi connectivity index (χ4v) is 1.85. The van der Waals surface area contributed by atoms with Gasteiger partial charge in [-0.1, -0.05) is 13.8 Å². The summed E-state index contributed by atoms with van der Waals surface area (Å²) < 4.78 is 0. The Morgan fingerprint density at radius 3 is 2.58 bits per heavy atom. The van der Waals surface area contributed by atoms with Gasteiger partial charge in [0, 0.05) is 12.7 Å². The minimum absolute atomic E-state index is 0.233. The Morgan fingerprint density at radius 1 is 1.50 bits per heavy atom. The standard InChI is InChI=1S/C10H19NO/c1-7-8(11-4)5-10(2,3)6-9(7)12/h9,11-12H,5-6H2,1-4H3. The smallest absolute Gasteiger partial charge is 0.0772 e.